The Balaban J connectivity index is 1.47. The number of aromatic nitrogens is 4. The molecule has 2 aromatic heterocycles. The van der Waals surface area contributed by atoms with Crippen LogP contribution in [0.1, 0.15) is 16.7 Å². The van der Waals surface area contributed by atoms with Crippen LogP contribution < -0.4 is 14.5 Å². The van der Waals surface area contributed by atoms with Crippen molar-refractivity contribution in [2.24, 2.45) is 0 Å². The van der Waals surface area contributed by atoms with Crippen molar-refractivity contribution in [2.75, 3.05) is 38.1 Å². The molecular weight excluding hydrogens is 520 g/mol. The van der Waals surface area contributed by atoms with E-state index in [9.17, 15) is 0 Å². The lowest BCUT2D eigenvalue weighted by Gasteiger charge is -2.23. The maximum atomic E-state index is 5.68. The smallest absolute Gasteiger partial charge is 0.165 e. The first-order chi connectivity index (χ1) is 20.3. The number of rotatable bonds is 7. The summed E-state index contributed by atoms with van der Waals surface area (Å²) in [5, 5.41) is 2.02. The van der Waals surface area contributed by atoms with Gasteiger partial charge < -0.3 is 14.5 Å². The Bertz CT molecular complexity index is 1930. The lowest BCUT2D eigenvalue weighted by molar-refractivity contribution is 0.416. The molecule has 0 aliphatic heterocycles. The number of nitrogens with zero attached hydrogens (tertiary/aromatic N) is 6. The van der Waals surface area contributed by atoms with Gasteiger partial charge in [0.05, 0.1) is 23.7 Å². The third-order valence-electron chi connectivity index (χ3n) is 7.46. The topological polar surface area (TPSA) is 67.3 Å². The number of hydrogen-bond donors (Lipinski definition) is 0. The third kappa shape index (κ3) is 5.09. The van der Waals surface area contributed by atoms with Gasteiger partial charge in [-0.15, -0.1) is 0 Å². The van der Waals surface area contributed by atoms with Crippen LogP contribution in [0, 0.1) is 13.8 Å². The van der Waals surface area contributed by atoms with Gasteiger partial charge in [0, 0.05) is 44.0 Å². The zero-order chi connectivity index (χ0) is 29.4. The van der Waals surface area contributed by atoms with Gasteiger partial charge in [0.25, 0.3) is 0 Å². The van der Waals surface area contributed by atoms with Gasteiger partial charge in [-0.3, -0.25) is 0 Å². The van der Waals surface area contributed by atoms with Gasteiger partial charge in [0.15, 0.2) is 11.6 Å². The van der Waals surface area contributed by atoms with E-state index in [2.05, 4.69) is 62.2 Å². The van der Waals surface area contributed by atoms with E-state index in [1.807, 2.05) is 67.5 Å². The second kappa shape index (κ2) is 11.1. The molecule has 0 radical (unpaired) electrons. The highest BCUT2D eigenvalue weighted by atomic mass is 16.5. The van der Waals surface area contributed by atoms with E-state index in [4.69, 9.17) is 24.7 Å². The summed E-state index contributed by atoms with van der Waals surface area (Å²) in [5.74, 6) is 3.83. The average Bonchev–Trinajstić information content (AvgIpc) is 3.00. The minimum Gasteiger partial charge on any atom is -0.496 e. The molecule has 42 heavy (non-hydrogen) atoms. The van der Waals surface area contributed by atoms with E-state index in [0.717, 1.165) is 67.0 Å². The fourth-order valence-electron chi connectivity index (χ4n) is 5.36. The summed E-state index contributed by atoms with van der Waals surface area (Å²) < 4.78 is 5.68. The number of benzene rings is 4. The molecular formula is C35H34N6O. The van der Waals surface area contributed by atoms with Gasteiger partial charge in [0.2, 0.25) is 0 Å². The summed E-state index contributed by atoms with van der Waals surface area (Å²) in [6.45, 7) is 4.77. The average molecular weight is 555 g/mol. The Hall–Kier alpha value is -5.04. The van der Waals surface area contributed by atoms with Crippen LogP contribution in [0.2, 0.25) is 0 Å². The molecule has 0 aliphatic rings. The lowest BCUT2D eigenvalue weighted by Crippen LogP contribution is -2.20. The third-order valence-corrected chi connectivity index (χ3v) is 7.46. The number of para-hydroxylation sites is 2. The molecule has 0 amide bonds. The van der Waals surface area contributed by atoms with Crippen molar-refractivity contribution in [3.63, 3.8) is 0 Å². The number of ether oxygens (including phenoxy) is 1. The molecule has 7 heteroatoms. The van der Waals surface area contributed by atoms with Crippen LogP contribution in [0.5, 0.6) is 5.75 Å². The van der Waals surface area contributed by atoms with Gasteiger partial charge in [-0.25, -0.2) is 19.9 Å². The molecule has 210 valence electrons. The van der Waals surface area contributed by atoms with Crippen LogP contribution in [0.4, 0.5) is 11.6 Å². The van der Waals surface area contributed by atoms with Crippen molar-refractivity contribution in [2.45, 2.75) is 20.4 Å². The van der Waals surface area contributed by atoms with Crippen LogP contribution in [0.25, 0.3) is 44.6 Å². The Morgan fingerprint density at radius 3 is 1.81 bits per heavy atom. The fraction of sp³-hybridized carbons (Fsp3) is 0.200. The number of methoxy groups -OCH3 is 1. The van der Waals surface area contributed by atoms with Crippen molar-refractivity contribution < 1.29 is 4.74 Å². The molecule has 6 rings (SSSR count). The predicted octanol–water partition coefficient (Wildman–Crippen LogP) is 7.23. The SMILES string of the molecule is COc1ccc(C)cc1-c1nc(N(C)Cc2ccc(C)cc2-c2nc(N(C)C)c3ccccc3n2)c2ccccc2n1. The van der Waals surface area contributed by atoms with Crippen LogP contribution in [-0.4, -0.2) is 48.2 Å². The molecule has 0 atom stereocenters. The zero-order valence-electron chi connectivity index (χ0n) is 24.9. The first-order valence-electron chi connectivity index (χ1n) is 14.0. The van der Waals surface area contributed by atoms with E-state index < -0.39 is 0 Å². The van der Waals surface area contributed by atoms with E-state index in [1.54, 1.807) is 7.11 Å². The second-order valence-electron chi connectivity index (χ2n) is 10.9. The number of aryl methyl sites for hydroxylation is 2. The minimum absolute atomic E-state index is 0.606. The molecule has 2 heterocycles. The molecule has 0 bridgehead atoms. The fourth-order valence-corrected chi connectivity index (χ4v) is 5.36. The van der Waals surface area contributed by atoms with Crippen molar-refractivity contribution >= 4 is 33.4 Å². The predicted molar refractivity (Wildman–Crippen MR) is 172 cm³/mol. The summed E-state index contributed by atoms with van der Waals surface area (Å²) in [5.41, 5.74) is 7.07. The molecule has 4 aromatic carbocycles. The minimum atomic E-state index is 0.606. The molecule has 0 aliphatic carbocycles. The monoisotopic (exact) mass is 554 g/mol. The van der Waals surface area contributed by atoms with E-state index in [0.29, 0.717) is 18.2 Å². The van der Waals surface area contributed by atoms with Gasteiger partial charge in [-0.1, -0.05) is 53.6 Å². The largest absolute Gasteiger partial charge is 0.496 e. The van der Waals surface area contributed by atoms with Crippen molar-refractivity contribution in [3.05, 3.63) is 102 Å². The Morgan fingerprint density at radius 1 is 0.619 bits per heavy atom. The van der Waals surface area contributed by atoms with Crippen molar-refractivity contribution in [1.29, 1.82) is 0 Å². The molecule has 0 fully saturated rings. The Labute approximate surface area is 246 Å². The molecule has 0 saturated heterocycles. The molecule has 0 unspecified atom stereocenters. The zero-order valence-corrected chi connectivity index (χ0v) is 24.9. The quantitative estimate of drug-likeness (QED) is 0.206. The number of fused-ring (bicyclic) bond motifs is 2. The maximum Gasteiger partial charge on any atom is 0.165 e. The summed E-state index contributed by atoms with van der Waals surface area (Å²) in [6, 6.07) is 28.9. The Morgan fingerprint density at radius 2 is 1.17 bits per heavy atom. The van der Waals surface area contributed by atoms with Crippen LogP contribution >= 0.6 is 0 Å². The molecule has 6 aromatic rings. The normalized spacial score (nSPS) is 11.2. The van der Waals surface area contributed by atoms with Crippen LogP contribution in [-0.2, 0) is 6.54 Å². The summed E-state index contributed by atoms with van der Waals surface area (Å²) in [6.07, 6.45) is 0. The standard InChI is InChI=1S/C35H34N6O/c1-22-15-17-24(27(19-22)32-36-29-13-9-7-11-25(29)34(38-32)40(3)4)21-41(5)35-26-12-8-10-14-30(26)37-33(39-35)28-20-23(2)16-18-31(28)42-6/h7-20H,21H2,1-6H3. The highest BCUT2D eigenvalue weighted by Crippen LogP contribution is 2.34. The number of anilines is 2. The maximum absolute atomic E-state index is 5.68. The molecule has 0 N–H and O–H groups in total. The molecule has 7 nitrogen and oxygen atoms in total. The van der Waals surface area contributed by atoms with Gasteiger partial charge in [-0.05, 0) is 61.9 Å². The first kappa shape index (κ1) is 27.1. The first-order valence-corrected chi connectivity index (χ1v) is 14.0. The lowest BCUT2D eigenvalue weighted by atomic mass is 10.0. The summed E-state index contributed by atoms with van der Waals surface area (Å²) >= 11 is 0. The van der Waals surface area contributed by atoms with E-state index in [-0.39, 0.29) is 0 Å². The Kier molecular flexibility index (Phi) is 7.17. The van der Waals surface area contributed by atoms with Gasteiger partial charge in [0.1, 0.15) is 17.4 Å². The van der Waals surface area contributed by atoms with Crippen molar-refractivity contribution in [1.82, 2.24) is 19.9 Å². The van der Waals surface area contributed by atoms with Gasteiger partial charge >= 0.3 is 0 Å². The van der Waals surface area contributed by atoms with Crippen molar-refractivity contribution in [3.8, 4) is 28.5 Å². The summed E-state index contributed by atoms with van der Waals surface area (Å²) in [4.78, 5) is 24.3. The second-order valence-corrected chi connectivity index (χ2v) is 10.9. The summed E-state index contributed by atoms with van der Waals surface area (Å²) in [7, 11) is 7.79. The molecule has 0 saturated carbocycles. The highest BCUT2D eigenvalue weighted by Gasteiger charge is 2.19. The van der Waals surface area contributed by atoms with Crippen LogP contribution in [0.3, 0.4) is 0 Å². The number of hydrogen-bond acceptors (Lipinski definition) is 7. The molecule has 0 spiro atoms. The van der Waals surface area contributed by atoms with Gasteiger partial charge in [-0.2, -0.15) is 0 Å². The van der Waals surface area contributed by atoms with E-state index in [1.165, 1.54) is 0 Å². The highest BCUT2D eigenvalue weighted by molar-refractivity contribution is 5.92. The van der Waals surface area contributed by atoms with E-state index >= 15 is 0 Å². The van der Waals surface area contributed by atoms with Crippen LogP contribution in [0.15, 0.2) is 84.9 Å².